The molecule has 2 aromatic carbocycles. The third kappa shape index (κ3) is 2.51. The minimum atomic E-state index is 0.142. The van der Waals surface area contributed by atoms with Crippen molar-refractivity contribution < 1.29 is 9.53 Å². The first-order chi connectivity index (χ1) is 9.33. The summed E-state index contributed by atoms with van der Waals surface area (Å²) in [6.45, 7) is 0.460. The average Bonchev–Trinajstić information content (AvgIpc) is 2.46. The number of carbonyl (C=O) groups is 1. The normalized spacial score (nSPS) is 12.9. The Hall–Kier alpha value is -2.53. The summed E-state index contributed by atoms with van der Waals surface area (Å²) < 4.78 is 5.50. The van der Waals surface area contributed by atoms with Gasteiger partial charge in [-0.2, -0.15) is 0 Å². The first-order valence-electron chi connectivity index (χ1n) is 6.20. The largest absolute Gasteiger partial charge is 0.492 e. The van der Waals surface area contributed by atoms with Gasteiger partial charge in [0, 0.05) is 17.5 Å². The fourth-order valence-corrected chi connectivity index (χ4v) is 2.00. The van der Waals surface area contributed by atoms with Gasteiger partial charge in [-0.25, -0.2) is 0 Å². The molecule has 0 aromatic heterocycles. The molecule has 0 spiro atoms. The highest BCUT2D eigenvalue weighted by atomic mass is 16.5. The Balaban J connectivity index is 1.91. The van der Waals surface area contributed by atoms with Crippen LogP contribution in [-0.2, 0) is 0 Å². The number of fused-ring (bicyclic) bond motifs is 1. The van der Waals surface area contributed by atoms with Gasteiger partial charge in [-0.15, -0.1) is 0 Å². The third-order valence-electron chi connectivity index (χ3n) is 2.99. The molecule has 2 heteroatoms. The van der Waals surface area contributed by atoms with E-state index in [2.05, 4.69) is 11.8 Å². The molecular weight excluding hydrogens is 236 g/mol. The number of hydrogen-bond donors (Lipinski definition) is 0. The molecule has 0 amide bonds. The highest BCUT2D eigenvalue weighted by Crippen LogP contribution is 2.25. The van der Waals surface area contributed by atoms with Crippen LogP contribution in [0.2, 0.25) is 0 Å². The molecule has 0 saturated heterocycles. The average molecular weight is 248 g/mol. The van der Waals surface area contributed by atoms with Crippen molar-refractivity contribution in [2.45, 2.75) is 6.42 Å². The van der Waals surface area contributed by atoms with Gasteiger partial charge in [0.15, 0.2) is 5.78 Å². The van der Waals surface area contributed by atoms with Gasteiger partial charge in [0.05, 0.1) is 12.2 Å². The standard InChI is InChI=1S/C17H12O2/c18-16-10-11-19-17-12-14(8-9-15(16)17)7-6-13-4-2-1-3-5-13/h1-5,8-9,12H,10-11H2. The fraction of sp³-hybridized carbons (Fsp3) is 0.118. The molecule has 0 bridgehead atoms. The van der Waals surface area contributed by atoms with Gasteiger partial charge in [0.2, 0.25) is 0 Å². The van der Waals surface area contributed by atoms with E-state index in [0.717, 1.165) is 11.1 Å². The second-order valence-corrected chi connectivity index (χ2v) is 4.35. The molecule has 0 unspecified atom stereocenters. The second-order valence-electron chi connectivity index (χ2n) is 4.35. The molecule has 0 N–H and O–H groups in total. The van der Waals surface area contributed by atoms with E-state index in [9.17, 15) is 4.79 Å². The summed E-state index contributed by atoms with van der Waals surface area (Å²) in [5.74, 6) is 6.96. The highest BCUT2D eigenvalue weighted by Gasteiger charge is 2.17. The molecule has 19 heavy (non-hydrogen) atoms. The Kier molecular flexibility index (Phi) is 3.04. The number of carbonyl (C=O) groups excluding carboxylic acids is 1. The van der Waals surface area contributed by atoms with Gasteiger partial charge >= 0.3 is 0 Å². The van der Waals surface area contributed by atoms with Crippen molar-refractivity contribution >= 4 is 5.78 Å². The number of rotatable bonds is 0. The molecule has 0 atom stereocenters. The van der Waals surface area contributed by atoms with Crippen LogP contribution in [-0.4, -0.2) is 12.4 Å². The predicted molar refractivity (Wildman–Crippen MR) is 73.3 cm³/mol. The Morgan fingerprint density at radius 2 is 1.74 bits per heavy atom. The van der Waals surface area contributed by atoms with Crippen molar-refractivity contribution in [3.05, 3.63) is 65.2 Å². The summed E-state index contributed by atoms with van der Waals surface area (Å²) in [4.78, 5) is 11.7. The molecular formula is C17H12O2. The monoisotopic (exact) mass is 248 g/mol. The minimum Gasteiger partial charge on any atom is -0.492 e. The molecule has 0 saturated carbocycles. The lowest BCUT2D eigenvalue weighted by molar-refractivity contribution is 0.0933. The van der Waals surface area contributed by atoms with Crippen LogP contribution in [0.1, 0.15) is 27.9 Å². The molecule has 0 fully saturated rings. The number of benzene rings is 2. The quantitative estimate of drug-likeness (QED) is 0.670. The van der Waals surface area contributed by atoms with Gasteiger partial charge in [0.1, 0.15) is 5.75 Å². The molecule has 0 radical (unpaired) electrons. The Labute approximate surface area is 112 Å². The molecule has 1 aliphatic heterocycles. The lowest BCUT2D eigenvalue weighted by Gasteiger charge is -2.15. The molecule has 3 rings (SSSR count). The highest BCUT2D eigenvalue weighted by molar-refractivity contribution is 5.99. The number of Topliss-reactive ketones (excluding diaryl/α,β-unsaturated/α-hetero) is 1. The van der Waals surface area contributed by atoms with E-state index in [1.165, 1.54) is 0 Å². The van der Waals surface area contributed by atoms with Crippen LogP contribution in [0.25, 0.3) is 0 Å². The maximum atomic E-state index is 11.7. The summed E-state index contributed by atoms with van der Waals surface area (Å²) in [6, 6.07) is 15.3. The van der Waals surface area contributed by atoms with Crippen molar-refractivity contribution in [1.29, 1.82) is 0 Å². The van der Waals surface area contributed by atoms with E-state index in [-0.39, 0.29) is 5.78 Å². The van der Waals surface area contributed by atoms with Crippen molar-refractivity contribution in [1.82, 2.24) is 0 Å². The summed E-state index contributed by atoms with van der Waals surface area (Å²) in [5, 5.41) is 0. The summed E-state index contributed by atoms with van der Waals surface area (Å²) in [7, 11) is 0. The minimum absolute atomic E-state index is 0.142. The van der Waals surface area contributed by atoms with Gasteiger partial charge in [0.25, 0.3) is 0 Å². The van der Waals surface area contributed by atoms with E-state index >= 15 is 0 Å². The van der Waals surface area contributed by atoms with Crippen LogP contribution in [0.5, 0.6) is 5.75 Å². The molecule has 92 valence electrons. The van der Waals surface area contributed by atoms with Crippen LogP contribution >= 0.6 is 0 Å². The van der Waals surface area contributed by atoms with E-state index in [1.807, 2.05) is 42.5 Å². The Bertz CT molecular complexity index is 675. The third-order valence-corrected chi connectivity index (χ3v) is 2.99. The number of ketones is 1. The van der Waals surface area contributed by atoms with E-state index in [1.54, 1.807) is 6.07 Å². The van der Waals surface area contributed by atoms with Gasteiger partial charge in [-0.05, 0) is 30.3 Å². The van der Waals surface area contributed by atoms with Crippen LogP contribution in [0.3, 0.4) is 0 Å². The lowest BCUT2D eigenvalue weighted by Crippen LogP contribution is -2.15. The van der Waals surface area contributed by atoms with Crippen molar-refractivity contribution in [2.75, 3.05) is 6.61 Å². The molecule has 1 heterocycles. The smallest absolute Gasteiger partial charge is 0.169 e. The number of hydrogen-bond acceptors (Lipinski definition) is 2. The number of ether oxygens (including phenoxy) is 1. The molecule has 2 nitrogen and oxygen atoms in total. The van der Waals surface area contributed by atoms with Gasteiger partial charge in [-0.1, -0.05) is 30.0 Å². The predicted octanol–water partition coefficient (Wildman–Crippen LogP) is 3.05. The van der Waals surface area contributed by atoms with E-state index in [0.29, 0.717) is 24.3 Å². The van der Waals surface area contributed by atoms with Gasteiger partial charge < -0.3 is 4.74 Å². The lowest BCUT2D eigenvalue weighted by atomic mass is 10.0. The van der Waals surface area contributed by atoms with Crippen LogP contribution < -0.4 is 4.74 Å². The van der Waals surface area contributed by atoms with Crippen molar-refractivity contribution in [3.63, 3.8) is 0 Å². The van der Waals surface area contributed by atoms with Gasteiger partial charge in [-0.3, -0.25) is 4.79 Å². The molecule has 1 aliphatic rings. The van der Waals surface area contributed by atoms with Crippen LogP contribution in [0.15, 0.2) is 48.5 Å². The molecule has 2 aromatic rings. The summed E-state index contributed by atoms with van der Waals surface area (Å²) >= 11 is 0. The fourth-order valence-electron chi connectivity index (χ4n) is 2.00. The zero-order valence-electron chi connectivity index (χ0n) is 10.3. The summed E-state index contributed by atoms with van der Waals surface area (Å²) in [5.41, 5.74) is 2.49. The van der Waals surface area contributed by atoms with E-state index < -0.39 is 0 Å². The second kappa shape index (κ2) is 4.99. The first-order valence-corrected chi connectivity index (χ1v) is 6.20. The zero-order valence-corrected chi connectivity index (χ0v) is 10.3. The van der Waals surface area contributed by atoms with Crippen molar-refractivity contribution in [3.8, 4) is 17.6 Å². The maximum Gasteiger partial charge on any atom is 0.169 e. The van der Waals surface area contributed by atoms with Crippen LogP contribution in [0.4, 0.5) is 0 Å². The Morgan fingerprint density at radius 3 is 2.58 bits per heavy atom. The first kappa shape index (κ1) is 11.6. The summed E-state index contributed by atoms with van der Waals surface area (Å²) in [6.07, 6.45) is 0.460. The maximum absolute atomic E-state index is 11.7. The SMILES string of the molecule is O=C1CCOc2cc(C#Cc3ccccc3)ccc21. The Morgan fingerprint density at radius 1 is 0.947 bits per heavy atom. The van der Waals surface area contributed by atoms with E-state index in [4.69, 9.17) is 4.74 Å². The topological polar surface area (TPSA) is 26.3 Å². The van der Waals surface area contributed by atoms with Crippen molar-refractivity contribution in [2.24, 2.45) is 0 Å². The molecule has 0 aliphatic carbocycles. The van der Waals surface area contributed by atoms with Crippen LogP contribution in [0, 0.1) is 11.8 Å². The zero-order chi connectivity index (χ0) is 13.1.